The first kappa shape index (κ1) is 12.0. The summed E-state index contributed by atoms with van der Waals surface area (Å²) >= 11 is 0. The Balaban J connectivity index is 1.54. The summed E-state index contributed by atoms with van der Waals surface area (Å²) in [6, 6.07) is 0.422. The van der Waals surface area contributed by atoms with Crippen molar-refractivity contribution in [1.82, 2.24) is 15.1 Å². The molecule has 100 valence electrons. The Morgan fingerprint density at radius 2 is 2.17 bits per heavy atom. The molecule has 3 saturated heterocycles. The van der Waals surface area contributed by atoms with E-state index in [0.717, 1.165) is 38.8 Å². The average Bonchev–Trinajstić information content (AvgIpc) is 2.98. The maximum Gasteiger partial charge on any atom is 0.245 e. The molecule has 0 saturated carbocycles. The largest absolute Gasteiger partial charge is 0.341 e. The Hall–Kier alpha value is -1.10. The van der Waals surface area contributed by atoms with E-state index in [-0.39, 0.29) is 23.9 Å². The molecule has 1 N–H and O–H groups in total. The molecule has 3 fully saturated rings. The number of hydrogen-bond donors (Lipinski definition) is 1. The van der Waals surface area contributed by atoms with Crippen LogP contribution in [0.25, 0.3) is 0 Å². The minimum atomic E-state index is -0.329. The Morgan fingerprint density at radius 3 is 2.72 bits per heavy atom. The lowest BCUT2D eigenvalue weighted by Crippen LogP contribution is -2.72. The highest BCUT2D eigenvalue weighted by atomic mass is 16.2. The van der Waals surface area contributed by atoms with Gasteiger partial charge in [0.1, 0.15) is 5.54 Å². The van der Waals surface area contributed by atoms with Crippen LogP contribution in [0.3, 0.4) is 0 Å². The summed E-state index contributed by atoms with van der Waals surface area (Å²) in [5, 5.41) is 3.37. The van der Waals surface area contributed by atoms with Gasteiger partial charge in [-0.2, -0.15) is 0 Å². The maximum atomic E-state index is 12.2. The first-order valence-corrected chi connectivity index (χ1v) is 6.96. The van der Waals surface area contributed by atoms with Gasteiger partial charge >= 0.3 is 0 Å². The van der Waals surface area contributed by atoms with Crippen molar-refractivity contribution in [2.45, 2.75) is 44.2 Å². The molecule has 2 atom stereocenters. The Kier molecular flexibility index (Phi) is 2.81. The van der Waals surface area contributed by atoms with Crippen molar-refractivity contribution < 1.29 is 9.59 Å². The molecule has 1 spiro atoms. The van der Waals surface area contributed by atoms with Gasteiger partial charge in [-0.1, -0.05) is 0 Å². The molecular formula is C13H21N3O2. The van der Waals surface area contributed by atoms with Gasteiger partial charge in [-0.15, -0.1) is 0 Å². The second kappa shape index (κ2) is 4.23. The van der Waals surface area contributed by atoms with Crippen LogP contribution >= 0.6 is 0 Å². The fraction of sp³-hybridized carbons (Fsp3) is 0.846. The number of carbonyl (C=O) groups is 2. The number of hydrogen-bond acceptors (Lipinski definition) is 3. The molecule has 3 aliphatic rings. The minimum absolute atomic E-state index is 0.113. The molecule has 5 heteroatoms. The van der Waals surface area contributed by atoms with E-state index in [1.54, 1.807) is 4.90 Å². The van der Waals surface area contributed by atoms with E-state index in [4.69, 9.17) is 0 Å². The quantitative estimate of drug-likeness (QED) is 0.701. The Labute approximate surface area is 107 Å². The predicted molar refractivity (Wildman–Crippen MR) is 67.0 cm³/mol. The Bertz CT molecular complexity index is 378. The van der Waals surface area contributed by atoms with Gasteiger partial charge in [-0.05, 0) is 32.6 Å². The van der Waals surface area contributed by atoms with Crippen molar-refractivity contribution in [3.8, 4) is 0 Å². The van der Waals surface area contributed by atoms with Crippen molar-refractivity contribution in [3.05, 3.63) is 0 Å². The fourth-order valence-corrected chi connectivity index (χ4v) is 3.41. The average molecular weight is 251 g/mol. The lowest BCUT2D eigenvalue weighted by molar-refractivity contribution is -0.156. The van der Waals surface area contributed by atoms with E-state index in [0.29, 0.717) is 12.6 Å². The van der Waals surface area contributed by atoms with Crippen LogP contribution in [0.1, 0.15) is 32.6 Å². The van der Waals surface area contributed by atoms with Gasteiger partial charge in [0.25, 0.3) is 0 Å². The molecule has 3 heterocycles. The van der Waals surface area contributed by atoms with Gasteiger partial charge in [-0.25, -0.2) is 0 Å². The van der Waals surface area contributed by atoms with Crippen LogP contribution in [-0.4, -0.2) is 59.4 Å². The number of β-lactam (4-membered cyclic amide) rings is 1. The number of nitrogens with one attached hydrogen (secondary N) is 1. The van der Waals surface area contributed by atoms with Gasteiger partial charge in [0.05, 0.1) is 6.54 Å². The topological polar surface area (TPSA) is 52.7 Å². The number of carbonyl (C=O) groups excluding carboxylic acids is 2. The molecule has 0 aliphatic carbocycles. The minimum Gasteiger partial charge on any atom is -0.341 e. The summed E-state index contributed by atoms with van der Waals surface area (Å²) in [5.41, 5.74) is -0.329. The van der Waals surface area contributed by atoms with Crippen LogP contribution in [0.2, 0.25) is 0 Å². The van der Waals surface area contributed by atoms with E-state index < -0.39 is 0 Å². The zero-order valence-corrected chi connectivity index (χ0v) is 10.9. The summed E-state index contributed by atoms with van der Waals surface area (Å²) in [4.78, 5) is 27.7. The second-order valence-electron chi connectivity index (χ2n) is 5.92. The van der Waals surface area contributed by atoms with E-state index in [1.165, 1.54) is 0 Å². The molecule has 0 aromatic carbocycles. The highest BCUT2D eigenvalue weighted by Crippen LogP contribution is 2.33. The molecule has 3 aliphatic heterocycles. The van der Waals surface area contributed by atoms with Crippen molar-refractivity contribution in [2.24, 2.45) is 0 Å². The van der Waals surface area contributed by atoms with E-state index >= 15 is 0 Å². The number of rotatable bonds is 2. The highest BCUT2D eigenvalue weighted by molar-refractivity contribution is 5.96. The van der Waals surface area contributed by atoms with Gasteiger partial charge in [0, 0.05) is 25.7 Å². The molecule has 3 rings (SSSR count). The third-order valence-electron chi connectivity index (χ3n) is 4.47. The molecule has 0 aromatic rings. The standard InChI is InChI=1S/C13H21N3O2/c1-10-4-5-13(14-10)9-16(12(13)18)8-11(17)15-6-2-3-7-15/h10,14H,2-9H2,1H3. The second-order valence-corrected chi connectivity index (χ2v) is 5.92. The SMILES string of the molecule is CC1CCC2(CN(CC(=O)N3CCCC3)C2=O)N1. The summed E-state index contributed by atoms with van der Waals surface area (Å²) in [6.45, 7) is 4.81. The monoisotopic (exact) mass is 251 g/mol. The molecule has 2 amide bonds. The van der Waals surface area contributed by atoms with Crippen LogP contribution in [-0.2, 0) is 9.59 Å². The summed E-state index contributed by atoms with van der Waals surface area (Å²) < 4.78 is 0. The van der Waals surface area contributed by atoms with E-state index in [2.05, 4.69) is 12.2 Å². The van der Waals surface area contributed by atoms with E-state index in [1.807, 2.05) is 4.90 Å². The van der Waals surface area contributed by atoms with Crippen LogP contribution < -0.4 is 5.32 Å². The summed E-state index contributed by atoms with van der Waals surface area (Å²) in [6.07, 6.45) is 4.17. The van der Waals surface area contributed by atoms with Crippen molar-refractivity contribution in [2.75, 3.05) is 26.2 Å². The Morgan fingerprint density at radius 1 is 1.44 bits per heavy atom. The van der Waals surface area contributed by atoms with Crippen LogP contribution in [0.15, 0.2) is 0 Å². The fourth-order valence-electron chi connectivity index (χ4n) is 3.41. The summed E-state index contributed by atoms with van der Waals surface area (Å²) in [5.74, 6) is 0.237. The third-order valence-corrected chi connectivity index (χ3v) is 4.47. The lowest BCUT2D eigenvalue weighted by atomic mass is 9.87. The van der Waals surface area contributed by atoms with Crippen molar-refractivity contribution in [1.29, 1.82) is 0 Å². The molecule has 18 heavy (non-hydrogen) atoms. The van der Waals surface area contributed by atoms with Gasteiger partial charge in [0.15, 0.2) is 0 Å². The molecule has 0 aromatic heterocycles. The predicted octanol–water partition coefficient (Wildman–Crippen LogP) is -0.0383. The zero-order valence-electron chi connectivity index (χ0n) is 10.9. The van der Waals surface area contributed by atoms with Gasteiger partial charge < -0.3 is 9.80 Å². The number of likely N-dealkylation sites (tertiary alicyclic amines) is 2. The zero-order chi connectivity index (χ0) is 12.8. The lowest BCUT2D eigenvalue weighted by Gasteiger charge is -2.47. The molecule has 0 radical (unpaired) electrons. The maximum absolute atomic E-state index is 12.2. The molecule has 2 unspecified atom stereocenters. The third kappa shape index (κ3) is 1.81. The molecular weight excluding hydrogens is 230 g/mol. The van der Waals surface area contributed by atoms with Crippen molar-refractivity contribution in [3.63, 3.8) is 0 Å². The van der Waals surface area contributed by atoms with Crippen LogP contribution in [0.5, 0.6) is 0 Å². The highest BCUT2D eigenvalue weighted by Gasteiger charge is 2.55. The number of nitrogens with zero attached hydrogens (tertiary/aromatic N) is 2. The normalized spacial score (nSPS) is 35.4. The van der Waals surface area contributed by atoms with E-state index in [9.17, 15) is 9.59 Å². The van der Waals surface area contributed by atoms with Crippen molar-refractivity contribution >= 4 is 11.8 Å². The number of amides is 2. The van der Waals surface area contributed by atoms with Crippen LogP contribution in [0.4, 0.5) is 0 Å². The van der Waals surface area contributed by atoms with Crippen LogP contribution in [0, 0.1) is 0 Å². The summed E-state index contributed by atoms with van der Waals surface area (Å²) in [7, 11) is 0. The smallest absolute Gasteiger partial charge is 0.245 e. The van der Waals surface area contributed by atoms with Gasteiger partial charge in [0.2, 0.25) is 11.8 Å². The first-order valence-electron chi connectivity index (χ1n) is 6.96. The molecule has 5 nitrogen and oxygen atoms in total. The molecule has 0 bridgehead atoms. The first-order chi connectivity index (χ1) is 8.61. The van der Waals surface area contributed by atoms with Gasteiger partial charge in [-0.3, -0.25) is 14.9 Å².